The minimum absolute atomic E-state index is 0.650. The summed E-state index contributed by atoms with van der Waals surface area (Å²) >= 11 is 0. The molecule has 8 rings (SSSR count). The highest BCUT2D eigenvalue weighted by Crippen LogP contribution is 2.47. The molecule has 4 heterocycles. The smallest absolute Gasteiger partial charge is 0.0910 e. The molecule has 4 aromatic rings. The van der Waals surface area contributed by atoms with Crippen LogP contribution in [0.15, 0.2) is 48.5 Å². The van der Waals surface area contributed by atoms with Gasteiger partial charge in [0, 0.05) is 48.4 Å². The van der Waals surface area contributed by atoms with Gasteiger partial charge in [0.05, 0.1) is 30.4 Å². The number of nitrogens with zero attached hydrogens (tertiary/aromatic N) is 4. The molecule has 1 fully saturated rings. The fourth-order valence-corrected chi connectivity index (χ4v) is 7.52. The van der Waals surface area contributed by atoms with Crippen molar-refractivity contribution < 1.29 is 0 Å². The molecule has 0 N–H and O–H groups in total. The van der Waals surface area contributed by atoms with Gasteiger partial charge in [0.15, 0.2) is 0 Å². The Kier molecular flexibility index (Phi) is 4.16. The van der Waals surface area contributed by atoms with Crippen LogP contribution < -0.4 is 14.7 Å². The van der Waals surface area contributed by atoms with Gasteiger partial charge in [0.1, 0.15) is 0 Å². The standard InChI is InChI=1S/C32H34N4/c1-19-5-9-27-26(21(19)3)10-6-24-15-36-18-35(30(24)27)16-25-8-12-28-29(32(25)36)11-7-23-14-33-17-34(31(23)28)13-20(2)22(33)4/h5-12,20,22H,13-18H2,1-4H3. The average Bonchev–Trinajstić information content (AvgIpc) is 2.88. The first-order valence-corrected chi connectivity index (χ1v) is 13.6. The van der Waals surface area contributed by atoms with Crippen LogP contribution in [0, 0.1) is 19.8 Å². The minimum atomic E-state index is 0.650. The second-order valence-electron chi connectivity index (χ2n) is 11.8. The molecular weight excluding hydrogens is 440 g/mol. The second kappa shape index (κ2) is 7.17. The lowest BCUT2D eigenvalue weighted by molar-refractivity contribution is 0.112. The molecule has 36 heavy (non-hydrogen) atoms. The Balaban J connectivity index is 1.27. The second-order valence-corrected chi connectivity index (χ2v) is 11.8. The van der Waals surface area contributed by atoms with Crippen molar-refractivity contribution in [2.24, 2.45) is 5.92 Å². The van der Waals surface area contributed by atoms with Gasteiger partial charge in [-0.1, -0.05) is 55.5 Å². The number of rotatable bonds is 0. The first-order valence-electron chi connectivity index (χ1n) is 13.6. The maximum atomic E-state index is 2.65. The number of benzene rings is 4. The van der Waals surface area contributed by atoms with E-state index in [2.05, 4.69) is 95.8 Å². The van der Waals surface area contributed by atoms with E-state index in [1.54, 1.807) is 0 Å². The molecule has 4 aliphatic rings. The van der Waals surface area contributed by atoms with Crippen molar-refractivity contribution in [2.45, 2.75) is 53.4 Å². The summed E-state index contributed by atoms with van der Waals surface area (Å²) in [6.07, 6.45) is 0. The fraction of sp³-hybridized carbons (Fsp3) is 0.375. The van der Waals surface area contributed by atoms with Crippen LogP contribution in [-0.4, -0.2) is 30.8 Å². The molecule has 0 aromatic heterocycles. The predicted molar refractivity (Wildman–Crippen MR) is 151 cm³/mol. The first-order chi connectivity index (χ1) is 17.5. The maximum Gasteiger partial charge on any atom is 0.0910 e. The van der Waals surface area contributed by atoms with E-state index in [1.165, 1.54) is 66.4 Å². The van der Waals surface area contributed by atoms with Crippen LogP contribution in [0.25, 0.3) is 21.5 Å². The number of hydrogen-bond donors (Lipinski definition) is 0. The van der Waals surface area contributed by atoms with Crippen molar-refractivity contribution in [3.8, 4) is 0 Å². The van der Waals surface area contributed by atoms with Crippen molar-refractivity contribution >= 4 is 38.6 Å². The van der Waals surface area contributed by atoms with Crippen molar-refractivity contribution in [2.75, 3.05) is 34.6 Å². The molecule has 4 bridgehead atoms. The lowest BCUT2D eigenvalue weighted by Crippen LogP contribution is -2.56. The number of aryl methyl sites for hydroxylation is 2. The highest BCUT2D eigenvalue weighted by atomic mass is 15.4. The van der Waals surface area contributed by atoms with Crippen molar-refractivity contribution in [1.29, 1.82) is 0 Å². The summed E-state index contributed by atoms with van der Waals surface area (Å²) in [7, 11) is 0. The Bertz CT molecular complexity index is 1590. The van der Waals surface area contributed by atoms with E-state index in [0.29, 0.717) is 12.0 Å². The van der Waals surface area contributed by atoms with E-state index < -0.39 is 0 Å². The topological polar surface area (TPSA) is 13.0 Å². The van der Waals surface area contributed by atoms with Crippen LogP contribution in [0.1, 0.15) is 41.7 Å². The first kappa shape index (κ1) is 20.9. The summed E-state index contributed by atoms with van der Waals surface area (Å²) in [5, 5.41) is 5.68. The lowest BCUT2D eigenvalue weighted by atomic mass is 9.90. The van der Waals surface area contributed by atoms with Gasteiger partial charge in [0.2, 0.25) is 0 Å². The number of anilines is 3. The highest BCUT2D eigenvalue weighted by Gasteiger charge is 2.37. The van der Waals surface area contributed by atoms with Crippen LogP contribution in [0.5, 0.6) is 0 Å². The third-order valence-corrected chi connectivity index (χ3v) is 9.75. The molecule has 4 nitrogen and oxygen atoms in total. The van der Waals surface area contributed by atoms with Crippen LogP contribution >= 0.6 is 0 Å². The van der Waals surface area contributed by atoms with E-state index in [0.717, 1.165) is 39.5 Å². The lowest BCUT2D eigenvalue weighted by Gasteiger charge is -2.50. The zero-order chi connectivity index (χ0) is 24.3. The van der Waals surface area contributed by atoms with Gasteiger partial charge in [-0.25, -0.2) is 0 Å². The van der Waals surface area contributed by atoms with E-state index in [1.807, 2.05) is 0 Å². The normalized spacial score (nSPS) is 24.1. The van der Waals surface area contributed by atoms with Gasteiger partial charge in [0.25, 0.3) is 0 Å². The average molecular weight is 475 g/mol. The molecule has 182 valence electrons. The number of hydrogen-bond acceptors (Lipinski definition) is 4. The van der Waals surface area contributed by atoms with Crippen LogP contribution in [0.4, 0.5) is 17.1 Å². The maximum absolute atomic E-state index is 2.65. The summed E-state index contributed by atoms with van der Waals surface area (Å²) in [5.74, 6) is 0.689. The van der Waals surface area contributed by atoms with Gasteiger partial charge in [-0.3, -0.25) is 4.90 Å². The summed E-state index contributed by atoms with van der Waals surface area (Å²) in [6, 6.07) is 19.7. The number of fused-ring (bicyclic) bond motifs is 15. The Hall–Kier alpha value is -3.24. The predicted octanol–water partition coefficient (Wildman–Crippen LogP) is 6.53. The molecule has 3 unspecified atom stereocenters. The van der Waals surface area contributed by atoms with Gasteiger partial charge >= 0.3 is 0 Å². The van der Waals surface area contributed by atoms with Gasteiger partial charge in [-0.2, -0.15) is 0 Å². The zero-order valence-electron chi connectivity index (χ0n) is 21.8. The monoisotopic (exact) mass is 474 g/mol. The molecular formula is C32H34N4. The molecule has 1 saturated heterocycles. The quantitative estimate of drug-likeness (QED) is 0.287. The molecule has 4 aliphatic heterocycles. The Morgan fingerprint density at radius 3 is 1.78 bits per heavy atom. The van der Waals surface area contributed by atoms with Crippen molar-refractivity contribution in [3.63, 3.8) is 0 Å². The molecule has 0 radical (unpaired) electrons. The molecule has 4 aromatic carbocycles. The zero-order valence-corrected chi connectivity index (χ0v) is 21.8. The van der Waals surface area contributed by atoms with Crippen LogP contribution in [-0.2, 0) is 19.6 Å². The van der Waals surface area contributed by atoms with Crippen molar-refractivity contribution in [3.05, 3.63) is 76.3 Å². The van der Waals surface area contributed by atoms with Crippen molar-refractivity contribution in [1.82, 2.24) is 4.90 Å². The molecule has 0 spiro atoms. The molecule has 3 atom stereocenters. The summed E-state index contributed by atoms with van der Waals surface area (Å²) in [6.45, 7) is 15.5. The van der Waals surface area contributed by atoms with Crippen LogP contribution in [0.3, 0.4) is 0 Å². The molecule has 4 heteroatoms. The highest BCUT2D eigenvalue weighted by molar-refractivity contribution is 6.06. The van der Waals surface area contributed by atoms with Gasteiger partial charge < -0.3 is 14.7 Å². The fourth-order valence-electron chi connectivity index (χ4n) is 7.52. The molecule has 0 saturated carbocycles. The SMILES string of the molecule is Cc1ccc2c3c(ccc2c1C)CN1CN3Cc2ccc3c4c(ccc3c21)CN1CN4CC(C)C1C. The van der Waals surface area contributed by atoms with E-state index in [9.17, 15) is 0 Å². The van der Waals surface area contributed by atoms with E-state index in [-0.39, 0.29) is 0 Å². The Labute approximate surface area is 213 Å². The van der Waals surface area contributed by atoms with E-state index in [4.69, 9.17) is 0 Å². The minimum Gasteiger partial charge on any atom is -0.357 e. The Morgan fingerprint density at radius 2 is 1.11 bits per heavy atom. The van der Waals surface area contributed by atoms with Crippen LogP contribution in [0.2, 0.25) is 0 Å². The summed E-state index contributed by atoms with van der Waals surface area (Å²) in [5.41, 5.74) is 11.6. The third-order valence-electron chi connectivity index (χ3n) is 9.75. The Morgan fingerprint density at radius 1 is 0.583 bits per heavy atom. The third kappa shape index (κ3) is 2.68. The molecule has 0 aliphatic carbocycles. The largest absolute Gasteiger partial charge is 0.357 e. The molecule has 0 amide bonds. The van der Waals surface area contributed by atoms with E-state index >= 15 is 0 Å². The van der Waals surface area contributed by atoms with Gasteiger partial charge in [-0.05, 0) is 59.9 Å². The summed E-state index contributed by atoms with van der Waals surface area (Å²) in [4.78, 5) is 10.5. The summed E-state index contributed by atoms with van der Waals surface area (Å²) < 4.78 is 0. The van der Waals surface area contributed by atoms with Gasteiger partial charge in [-0.15, -0.1) is 0 Å².